The van der Waals surface area contributed by atoms with Crippen LogP contribution in [0.15, 0.2) is 30.3 Å². The Balaban J connectivity index is 2.01. The van der Waals surface area contributed by atoms with Crippen LogP contribution in [-0.2, 0) is 6.04 Å². The number of halogens is 1. The Hall–Kier alpha value is -0.633. The van der Waals surface area contributed by atoms with E-state index in [9.17, 15) is 4.11 Å². The highest BCUT2D eigenvalue weighted by atomic mass is 28.4. The van der Waals surface area contributed by atoms with E-state index in [1.807, 2.05) is 24.7 Å². The molecule has 1 aromatic rings. The summed E-state index contributed by atoms with van der Waals surface area (Å²) in [5, 5.41) is 0. The molecule has 2 heteroatoms. The molecule has 88 valence electrons. The largest absolute Gasteiger partial charge is 0.313 e. The van der Waals surface area contributed by atoms with Gasteiger partial charge in [-0.25, -0.2) is 0 Å². The molecule has 0 spiro atoms. The van der Waals surface area contributed by atoms with Gasteiger partial charge in [-0.3, -0.25) is 0 Å². The summed E-state index contributed by atoms with van der Waals surface area (Å²) >= 11 is 0. The molecule has 0 amide bonds. The summed E-state index contributed by atoms with van der Waals surface area (Å²) in [4.78, 5) is 0. The summed E-state index contributed by atoms with van der Waals surface area (Å²) in [6.07, 6.45) is 6.06. The zero-order valence-corrected chi connectivity index (χ0v) is 11.1. The van der Waals surface area contributed by atoms with Gasteiger partial charge in [0.15, 0.2) is 0 Å². The van der Waals surface area contributed by atoms with Crippen molar-refractivity contribution in [2.75, 3.05) is 0 Å². The topological polar surface area (TPSA) is 0 Å². The molecule has 1 aliphatic carbocycles. The van der Waals surface area contributed by atoms with E-state index in [0.717, 1.165) is 12.8 Å². The Bertz CT molecular complexity index is 315. The van der Waals surface area contributed by atoms with Crippen molar-refractivity contribution in [1.82, 2.24) is 0 Å². The highest BCUT2D eigenvalue weighted by Gasteiger charge is 2.38. The maximum absolute atomic E-state index is 14.8. The first-order chi connectivity index (χ1) is 7.68. The molecule has 16 heavy (non-hydrogen) atoms. The van der Waals surface area contributed by atoms with E-state index in [2.05, 4.69) is 12.1 Å². The van der Waals surface area contributed by atoms with Crippen molar-refractivity contribution in [3.05, 3.63) is 35.9 Å². The van der Waals surface area contributed by atoms with Crippen LogP contribution in [0.5, 0.6) is 0 Å². The van der Waals surface area contributed by atoms with Crippen LogP contribution < -0.4 is 0 Å². The van der Waals surface area contributed by atoms with Gasteiger partial charge in [0.1, 0.15) is 0 Å². The second kappa shape index (κ2) is 5.13. The molecule has 2 rings (SSSR count). The van der Waals surface area contributed by atoms with E-state index in [0.29, 0.717) is 11.6 Å². The van der Waals surface area contributed by atoms with Crippen LogP contribution in [0.25, 0.3) is 0 Å². The van der Waals surface area contributed by atoms with E-state index in [1.54, 1.807) is 0 Å². The number of benzene rings is 1. The second-order valence-corrected chi connectivity index (χ2v) is 9.00. The Morgan fingerprint density at radius 2 is 1.75 bits per heavy atom. The Morgan fingerprint density at radius 1 is 1.12 bits per heavy atom. The fourth-order valence-electron chi connectivity index (χ4n) is 2.84. The Labute approximate surface area is 99.1 Å². The number of hydrogen-bond acceptors (Lipinski definition) is 0. The lowest BCUT2D eigenvalue weighted by Crippen LogP contribution is -2.35. The summed E-state index contributed by atoms with van der Waals surface area (Å²) in [6, 6.07) is 10.9. The summed E-state index contributed by atoms with van der Waals surface area (Å²) in [7, 11) is -2.54. The van der Waals surface area contributed by atoms with Crippen LogP contribution in [-0.4, -0.2) is 8.41 Å². The standard InChI is InChI=1S/C14H21FSi/c1-16(15,14-10-6-3-7-11-14)12-13-8-4-2-5-9-13/h2,4-5,8-9,14H,3,6-7,10-12H2,1H3. The molecular weight excluding hydrogens is 215 g/mol. The molecule has 0 radical (unpaired) electrons. The summed E-state index contributed by atoms with van der Waals surface area (Å²) < 4.78 is 14.8. The van der Waals surface area contributed by atoms with E-state index >= 15 is 0 Å². The lowest BCUT2D eigenvalue weighted by molar-refractivity contribution is 0.470. The Morgan fingerprint density at radius 3 is 2.38 bits per heavy atom. The van der Waals surface area contributed by atoms with Crippen LogP contribution in [0.1, 0.15) is 37.7 Å². The average molecular weight is 236 g/mol. The van der Waals surface area contributed by atoms with Crippen molar-refractivity contribution >= 4 is 8.41 Å². The molecule has 1 aliphatic rings. The van der Waals surface area contributed by atoms with Crippen LogP contribution in [0, 0.1) is 0 Å². The van der Waals surface area contributed by atoms with Gasteiger partial charge < -0.3 is 4.11 Å². The molecule has 1 saturated carbocycles. The van der Waals surface area contributed by atoms with Gasteiger partial charge in [-0.15, -0.1) is 0 Å². The normalized spacial score (nSPS) is 21.6. The number of hydrogen-bond donors (Lipinski definition) is 0. The molecule has 0 bridgehead atoms. The monoisotopic (exact) mass is 236 g/mol. The highest BCUT2D eigenvalue weighted by Crippen LogP contribution is 2.39. The second-order valence-electron chi connectivity index (χ2n) is 5.28. The van der Waals surface area contributed by atoms with Crippen molar-refractivity contribution in [3.8, 4) is 0 Å². The van der Waals surface area contributed by atoms with Gasteiger partial charge in [0.05, 0.1) is 0 Å². The predicted octanol–water partition coefficient (Wildman–Crippen LogP) is 4.65. The van der Waals surface area contributed by atoms with Crippen molar-refractivity contribution < 1.29 is 4.11 Å². The smallest absolute Gasteiger partial charge is 0.251 e. The molecule has 1 atom stereocenters. The van der Waals surface area contributed by atoms with Gasteiger partial charge in [0.2, 0.25) is 0 Å². The van der Waals surface area contributed by atoms with Crippen molar-refractivity contribution in [1.29, 1.82) is 0 Å². The quantitative estimate of drug-likeness (QED) is 0.529. The zero-order valence-electron chi connectivity index (χ0n) is 10.1. The molecule has 0 aliphatic heterocycles. The molecule has 0 heterocycles. The van der Waals surface area contributed by atoms with Gasteiger partial charge in [0, 0.05) is 0 Å². The molecular formula is C14H21FSi. The minimum absolute atomic E-state index is 0.404. The third kappa shape index (κ3) is 2.94. The van der Waals surface area contributed by atoms with Gasteiger partial charge in [-0.2, -0.15) is 0 Å². The van der Waals surface area contributed by atoms with E-state index in [-0.39, 0.29) is 0 Å². The van der Waals surface area contributed by atoms with Crippen LogP contribution in [0.3, 0.4) is 0 Å². The van der Waals surface area contributed by atoms with Crippen molar-refractivity contribution in [2.24, 2.45) is 0 Å². The molecule has 0 N–H and O–H groups in total. The van der Waals surface area contributed by atoms with Gasteiger partial charge in [0.25, 0.3) is 8.41 Å². The highest BCUT2D eigenvalue weighted by molar-refractivity contribution is 6.72. The molecule has 1 aromatic carbocycles. The minimum Gasteiger partial charge on any atom is -0.313 e. The lowest BCUT2D eigenvalue weighted by Gasteiger charge is -2.31. The zero-order chi connectivity index (χ0) is 11.4. The van der Waals surface area contributed by atoms with E-state index in [1.165, 1.54) is 24.8 Å². The third-order valence-electron chi connectivity index (χ3n) is 3.85. The molecule has 1 unspecified atom stereocenters. The van der Waals surface area contributed by atoms with Crippen molar-refractivity contribution in [3.63, 3.8) is 0 Å². The number of rotatable bonds is 3. The first-order valence-corrected chi connectivity index (χ1v) is 9.07. The van der Waals surface area contributed by atoms with E-state index in [4.69, 9.17) is 0 Å². The maximum atomic E-state index is 14.8. The third-order valence-corrected chi connectivity index (χ3v) is 7.23. The average Bonchev–Trinajstić information content (AvgIpc) is 2.31. The molecule has 0 aromatic heterocycles. The van der Waals surface area contributed by atoms with Crippen LogP contribution in [0.2, 0.25) is 12.1 Å². The lowest BCUT2D eigenvalue weighted by atomic mass is 10.0. The fourth-order valence-corrected chi connectivity index (χ4v) is 5.78. The SMILES string of the molecule is C[Si](F)(Cc1ccccc1)C1CCCCC1. The molecule has 0 saturated heterocycles. The Kier molecular flexibility index (Phi) is 3.80. The molecule has 1 fully saturated rings. The first-order valence-electron chi connectivity index (χ1n) is 6.41. The van der Waals surface area contributed by atoms with Crippen LogP contribution >= 0.6 is 0 Å². The predicted molar refractivity (Wildman–Crippen MR) is 69.7 cm³/mol. The van der Waals surface area contributed by atoms with E-state index < -0.39 is 8.41 Å². The van der Waals surface area contributed by atoms with Crippen molar-refractivity contribution in [2.45, 2.75) is 50.2 Å². The van der Waals surface area contributed by atoms with Gasteiger partial charge in [-0.1, -0.05) is 62.4 Å². The fraction of sp³-hybridized carbons (Fsp3) is 0.571. The molecule has 0 nitrogen and oxygen atoms in total. The minimum atomic E-state index is -2.54. The summed E-state index contributed by atoms with van der Waals surface area (Å²) in [5.74, 6) is 0. The maximum Gasteiger partial charge on any atom is 0.251 e. The summed E-state index contributed by atoms with van der Waals surface area (Å²) in [5.41, 5.74) is 1.59. The summed E-state index contributed by atoms with van der Waals surface area (Å²) in [6.45, 7) is 1.93. The van der Waals surface area contributed by atoms with Gasteiger partial charge in [-0.05, 0) is 23.7 Å². The van der Waals surface area contributed by atoms with Crippen LogP contribution in [0.4, 0.5) is 4.11 Å². The first kappa shape index (κ1) is 11.8. The van der Waals surface area contributed by atoms with Gasteiger partial charge >= 0.3 is 0 Å².